The Morgan fingerprint density at radius 2 is 1.77 bits per heavy atom. The van der Waals surface area contributed by atoms with Gasteiger partial charge in [-0.15, -0.1) is 0 Å². The minimum atomic E-state index is -0.324. The molecule has 110 valence electrons. The summed E-state index contributed by atoms with van der Waals surface area (Å²) in [5, 5.41) is 23.1. The van der Waals surface area contributed by atoms with Crippen LogP contribution in [0, 0.1) is 22.7 Å². The summed E-state index contributed by atoms with van der Waals surface area (Å²) in [6.45, 7) is 2.06. The van der Waals surface area contributed by atoms with Gasteiger partial charge in [0.2, 0.25) is 0 Å². The van der Waals surface area contributed by atoms with E-state index in [4.69, 9.17) is 10.5 Å². The third kappa shape index (κ3) is 3.42. The summed E-state index contributed by atoms with van der Waals surface area (Å²) in [5.41, 5.74) is 2.63. The van der Waals surface area contributed by atoms with Crippen LogP contribution in [0.15, 0.2) is 42.0 Å². The highest BCUT2D eigenvalue weighted by Crippen LogP contribution is 2.25. The summed E-state index contributed by atoms with van der Waals surface area (Å²) in [6.07, 6.45) is 0.492. The topological polar surface area (TPSA) is 59.6 Å². The first kappa shape index (κ1) is 15.5. The van der Waals surface area contributed by atoms with Gasteiger partial charge >= 0.3 is 0 Å². The van der Waals surface area contributed by atoms with Crippen molar-refractivity contribution in [1.29, 1.82) is 10.5 Å². The Bertz CT molecular complexity index is 778. The molecule has 22 heavy (non-hydrogen) atoms. The highest BCUT2D eigenvalue weighted by molar-refractivity contribution is 5.89. The van der Waals surface area contributed by atoms with Crippen molar-refractivity contribution in [2.24, 2.45) is 0 Å². The molecule has 3 nitrogen and oxygen atoms in total. The fourth-order valence-electron chi connectivity index (χ4n) is 2.23. The van der Waals surface area contributed by atoms with Crippen molar-refractivity contribution in [1.82, 2.24) is 0 Å². The van der Waals surface area contributed by atoms with Crippen LogP contribution in [0.1, 0.15) is 18.9 Å². The quantitative estimate of drug-likeness (QED) is 0.655. The lowest BCUT2D eigenvalue weighted by molar-refractivity contribution is 0.481. The van der Waals surface area contributed by atoms with Crippen LogP contribution in [0.25, 0.3) is 16.3 Å². The van der Waals surface area contributed by atoms with Gasteiger partial charge in [-0.3, -0.25) is 4.39 Å². The van der Waals surface area contributed by atoms with Crippen molar-refractivity contribution < 1.29 is 4.39 Å². The van der Waals surface area contributed by atoms with E-state index in [1.807, 2.05) is 48.5 Å². The number of nitriles is 2. The van der Waals surface area contributed by atoms with Crippen molar-refractivity contribution in [2.75, 3.05) is 18.5 Å². The van der Waals surface area contributed by atoms with Crippen LogP contribution >= 0.6 is 0 Å². The Morgan fingerprint density at radius 3 is 2.45 bits per heavy atom. The van der Waals surface area contributed by atoms with Gasteiger partial charge in [-0.05, 0) is 53.5 Å². The molecule has 2 aromatic carbocycles. The molecule has 1 N–H and O–H groups in total. The van der Waals surface area contributed by atoms with Gasteiger partial charge in [0.15, 0.2) is 0 Å². The average Bonchev–Trinajstić information content (AvgIpc) is 2.55. The van der Waals surface area contributed by atoms with E-state index in [0.717, 1.165) is 22.0 Å². The van der Waals surface area contributed by atoms with Gasteiger partial charge in [0, 0.05) is 12.2 Å². The first-order valence-electron chi connectivity index (χ1n) is 7.04. The fourth-order valence-corrected chi connectivity index (χ4v) is 2.23. The van der Waals surface area contributed by atoms with Crippen LogP contribution in [-0.4, -0.2) is 13.2 Å². The second-order valence-electron chi connectivity index (χ2n) is 4.97. The highest BCUT2D eigenvalue weighted by Gasteiger charge is 2.05. The Balaban J connectivity index is 2.34. The molecular weight excluding hydrogens is 277 g/mol. The first-order valence-corrected chi connectivity index (χ1v) is 7.04. The summed E-state index contributed by atoms with van der Waals surface area (Å²) in [7, 11) is 0. The number of anilines is 1. The van der Waals surface area contributed by atoms with Crippen LogP contribution in [-0.2, 0) is 0 Å². The van der Waals surface area contributed by atoms with E-state index in [-0.39, 0.29) is 12.2 Å². The van der Waals surface area contributed by atoms with E-state index >= 15 is 0 Å². The standard InChI is InChI=1S/C18H16FN3/c1-13(17(11-20)12-21)14-3-4-16-10-18(22-8-2-7-19)6-5-15(16)9-14/h3-6,9-10,22H,2,7-8H2,1H3. The molecule has 0 saturated carbocycles. The zero-order valence-electron chi connectivity index (χ0n) is 12.4. The van der Waals surface area contributed by atoms with E-state index in [1.54, 1.807) is 6.92 Å². The maximum Gasteiger partial charge on any atom is 0.133 e. The minimum absolute atomic E-state index is 0.129. The predicted molar refractivity (Wildman–Crippen MR) is 86.8 cm³/mol. The van der Waals surface area contributed by atoms with E-state index in [0.29, 0.717) is 18.5 Å². The van der Waals surface area contributed by atoms with Gasteiger partial charge in [-0.2, -0.15) is 10.5 Å². The van der Waals surface area contributed by atoms with Gasteiger partial charge in [-0.25, -0.2) is 0 Å². The molecule has 0 aliphatic rings. The molecule has 0 radical (unpaired) electrons. The lowest BCUT2D eigenvalue weighted by Gasteiger charge is -2.08. The van der Waals surface area contributed by atoms with Crippen LogP contribution in [0.5, 0.6) is 0 Å². The Kier molecular flexibility index (Phi) is 5.11. The Hall–Kier alpha value is -2.85. The van der Waals surface area contributed by atoms with Gasteiger partial charge in [0.25, 0.3) is 0 Å². The number of benzene rings is 2. The Morgan fingerprint density at radius 1 is 1.09 bits per heavy atom. The molecule has 0 spiro atoms. The van der Waals surface area contributed by atoms with Gasteiger partial charge in [-0.1, -0.05) is 18.2 Å². The van der Waals surface area contributed by atoms with Gasteiger partial charge < -0.3 is 5.32 Å². The molecule has 0 fully saturated rings. The van der Waals surface area contributed by atoms with Crippen LogP contribution in [0.3, 0.4) is 0 Å². The summed E-state index contributed by atoms with van der Waals surface area (Å²) >= 11 is 0. The molecule has 0 bridgehead atoms. The normalized spacial score (nSPS) is 9.82. The first-order chi connectivity index (χ1) is 10.7. The zero-order chi connectivity index (χ0) is 15.9. The molecular formula is C18H16FN3. The van der Waals surface area contributed by atoms with Crippen molar-refractivity contribution in [2.45, 2.75) is 13.3 Å². The number of rotatable bonds is 5. The second-order valence-corrected chi connectivity index (χ2v) is 4.97. The third-order valence-corrected chi connectivity index (χ3v) is 3.51. The maximum absolute atomic E-state index is 12.1. The summed E-state index contributed by atoms with van der Waals surface area (Å²) < 4.78 is 12.1. The number of allylic oxidation sites excluding steroid dienone is 2. The molecule has 4 heteroatoms. The average molecular weight is 293 g/mol. The highest BCUT2D eigenvalue weighted by atomic mass is 19.1. The van der Waals surface area contributed by atoms with E-state index < -0.39 is 0 Å². The summed E-state index contributed by atoms with van der Waals surface area (Å²) in [4.78, 5) is 0. The van der Waals surface area contributed by atoms with E-state index in [1.165, 1.54) is 0 Å². The van der Waals surface area contributed by atoms with Crippen molar-refractivity contribution in [3.05, 3.63) is 47.5 Å². The third-order valence-electron chi connectivity index (χ3n) is 3.51. The Labute approximate surface area is 129 Å². The SMILES string of the molecule is CC(=C(C#N)C#N)c1ccc2cc(NCCCF)ccc2c1. The lowest BCUT2D eigenvalue weighted by Crippen LogP contribution is -2.01. The lowest BCUT2D eigenvalue weighted by atomic mass is 9.99. The van der Waals surface area contributed by atoms with E-state index in [2.05, 4.69) is 5.32 Å². The molecule has 0 aromatic heterocycles. The maximum atomic E-state index is 12.1. The van der Waals surface area contributed by atoms with Gasteiger partial charge in [0.05, 0.1) is 6.67 Å². The van der Waals surface area contributed by atoms with Crippen molar-refractivity contribution in [3.63, 3.8) is 0 Å². The molecule has 0 aliphatic heterocycles. The minimum Gasteiger partial charge on any atom is -0.385 e. The number of alkyl halides is 1. The van der Waals surface area contributed by atoms with Crippen LogP contribution < -0.4 is 5.32 Å². The number of halogens is 1. The number of hydrogen-bond donors (Lipinski definition) is 1. The molecule has 0 aliphatic carbocycles. The van der Waals surface area contributed by atoms with Gasteiger partial charge in [0.1, 0.15) is 17.7 Å². The number of nitrogens with one attached hydrogen (secondary N) is 1. The molecule has 0 saturated heterocycles. The molecule has 0 unspecified atom stereocenters. The van der Waals surface area contributed by atoms with Crippen molar-refractivity contribution in [3.8, 4) is 12.1 Å². The monoisotopic (exact) mass is 293 g/mol. The second kappa shape index (κ2) is 7.24. The molecule has 0 atom stereocenters. The van der Waals surface area contributed by atoms with E-state index in [9.17, 15) is 4.39 Å². The predicted octanol–water partition coefficient (Wildman–Crippen LogP) is 4.43. The number of nitrogens with zero attached hydrogens (tertiary/aromatic N) is 2. The fraction of sp³-hybridized carbons (Fsp3) is 0.222. The number of fused-ring (bicyclic) bond motifs is 1. The zero-order valence-corrected chi connectivity index (χ0v) is 12.4. The van der Waals surface area contributed by atoms with Crippen LogP contribution in [0.4, 0.5) is 10.1 Å². The van der Waals surface area contributed by atoms with Crippen LogP contribution in [0.2, 0.25) is 0 Å². The smallest absolute Gasteiger partial charge is 0.133 e. The molecule has 2 aromatic rings. The molecule has 0 amide bonds. The molecule has 0 heterocycles. The largest absolute Gasteiger partial charge is 0.385 e. The molecule has 2 rings (SSSR count). The number of hydrogen-bond acceptors (Lipinski definition) is 3. The summed E-state index contributed by atoms with van der Waals surface area (Å²) in [5.74, 6) is 0. The summed E-state index contributed by atoms with van der Waals surface area (Å²) in [6, 6.07) is 15.6. The van der Waals surface area contributed by atoms with Crippen molar-refractivity contribution >= 4 is 22.0 Å².